The highest BCUT2D eigenvalue weighted by Gasteiger charge is 2.25. The molecule has 0 N–H and O–H groups in total. The fourth-order valence-electron chi connectivity index (χ4n) is 3.43. The topological polar surface area (TPSA) is 65.1 Å². The molecule has 0 saturated carbocycles. The fraction of sp³-hybridized carbons (Fsp3) is 0.389. The largest absolute Gasteiger partial charge is 0.341 e. The molecule has 28 heavy (non-hydrogen) atoms. The molecule has 1 saturated heterocycles. The molecular formula is C18H19F2N5O2S. The number of nitrogens with zero attached hydrogens (tertiary/aromatic N) is 5. The van der Waals surface area contributed by atoms with E-state index in [0.29, 0.717) is 19.0 Å². The summed E-state index contributed by atoms with van der Waals surface area (Å²) >= 11 is 1.81. The van der Waals surface area contributed by atoms with E-state index in [1.54, 1.807) is 11.8 Å². The van der Waals surface area contributed by atoms with E-state index in [4.69, 9.17) is 0 Å². The lowest BCUT2D eigenvalue weighted by Crippen LogP contribution is -2.38. The monoisotopic (exact) mass is 407 g/mol. The number of thioether (sulfide) groups is 1. The van der Waals surface area contributed by atoms with Gasteiger partial charge in [-0.05, 0) is 12.1 Å². The lowest BCUT2D eigenvalue weighted by atomic mass is 10.2. The second-order valence-electron chi connectivity index (χ2n) is 6.68. The smallest absolute Gasteiger partial charge is 0.332 e. The van der Waals surface area contributed by atoms with Crippen LogP contribution in [0.4, 0.5) is 14.7 Å². The van der Waals surface area contributed by atoms with Crippen LogP contribution in [0.2, 0.25) is 0 Å². The van der Waals surface area contributed by atoms with Gasteiger partial charge in [-0.2, -0.15) is 16.7 Å². The minimum absolute atomic E-state index is 0.148. The highest BCUT2D eigenvalue weighted by atomic mass is 32.2. The van der Waals surface area contributed by atoms with Crippen LogP contribution in [0.5, 0.6) is 0 Å². The molecule has 148 valence electrons. The van der Waals surface area contributed by atoms with Gasteiger partial charge in [0.05, 0.1) is 6.54 Å². The number of anilines is 1. The van der Waals surface area contributed by atoms with E-state index in [1.807, 2.05) is 4.90 Å². The third-order valence-corrected chi connectivity index (χ3v) is 5.94. The highest BCUT2D eigenvalue weighted by molar-refractivity contribution is 7.99. The first-order valence-electron chi connectivity index (χ1n) is 8.82. The van der Waals surface area contributed by atoms with Gasteiger partial charge in [0.2, 0.25) is 5.95 Å². The summed E-state index contributed by atoms with van der Waals surface area (Å²) in [5.74, 6) is 0.825. The Morgan fingerprint density at radius 2 is 1.71 bits per heavy atom. The lowest BCUT2D eigenvalue weighted by Gasteiger charge is -2.28. The molecule has 0 aliphatic carbocycles. The minimum atomic E-state index is -0.691. The van der Waals surface area contributed by atoms with Gasteiger partial charge < -0.3 is 4.90 Å². The van der Waals surface area contributed by atoms with Crippen molar-refractivity contribution in [3.63, 3.8) is 0 Å². The molecule has 0 amide bonds. The molecule has 0 radical (unpaired) electrons. The number of rotatable bonds is 3. The lowest BCUT2D eigenvalue weighted by molar-refractivity contribution is 0.545. The molecular weight excluding hydrogens is 388 g/mol. The zero-order valence-corrected chi connectivity index (χ0v) is 16.3. The van der Waals surface area contributed by atoms with Crippen molar-refractivity contribution in [1.82, 2.24) is 18.7 Å². The Bertz CT molecular complexity index is 1160. The fourth-order valence-corrected chi connectivity index (χ4v) is 4.33. The quantitative estimate of drug-likeness (QED) is 0.655. The summed E-state index contributed by atoms with van der Waals surface area (Å²) in [5, 5.41) is 0. The van der Waals surface area contributed by atoms with Gasteiger partial charge >= 0.3 is 5.69 Å². The zero-order valence-electron chi connectivity index (χ0n) is 15.5. The number of hydrogen-bond donors (Lipinski definition) is 0. The standard InChI is InChI=1S/C18H19F2N5O2S/c1-22-15-14(16(26)23(2)18(22)27)25(10-11-12(19)4-3-5-13(11)20)17(21-15)24-6-8-28-9-7-24/h3-5H,6-10H2,1-2H3. The first-order valence-corrected chi connectivity index (χ1v) is 9.97. The number of benzene rings is 1. The Balaban J connectivity index is 2.01. The summed E-state index contributed by atoms with van der Waals surface area (Å²) in [7, 11) is 2.91. The number of hydrogen-bond acceptors (Lipinski definition) is 5. The van der Waals surface area contributed by atoms with Crippen LogP contribution in [-0.2, 0) is 20.6 Å². The van der Waals surface area contributed by atoms with Crippen molar-refractivity contribution in [3.8, 4) is 0 Å². The SMILES string of the molecule is Cn1c(=O)c2c(nc(N3CCSCC3)n2Cc2c(F)cccc2F)n(C)c1=O. The van der Waals surface area contributed by atoms with Gasteiger partial charge in [-0.15, -0.1) is 0 Å². The molecule has 2 aromatic heterocycles. The van der Waals surface area contributed by atoms with Gasteiger partial charge in [0.15, 0.2) is 11.2 Å². The Kier molecular flexibility index (Phi) is 4.74. The summed E-state index contributed by atoms with van der Waals surface area (Å²) in [6, 6.07) is 3.66. The van der Waals surface area contributed by atoms with Crippen molar-refractivity contribution >= 4 is 28.9 Å². The van der Waals surface area contributed by atoms with Crippen molar-refractivity contribution in [2.24, 2.45) is 14.1 Å². The molecule has 1 fully saturated rings. The Hall–Kier alpha value is -2.62. The van der Waals surface area contributed by atoms with E-state index < -0.39 is 22.9 Å². The van der Waals surface area contributed by atoms with Gasteiger partial charge in [0.25, 0.3) is 5.56 Å². The molecule has 10 heteroatoms. The maximum atomic E-state index is 14.3. The van der Waals surface area contributed by atoms with Crippen LogP contribution in [-0.4, -0.2) is 43.3 Å². The van der Waals surface area contributed by atoms with Crippen LogP contribution in [0.1, 0.15) is 5.56 Å². The maximum Gasteiger partial charge on any atom is 0.332 e. The summed E-state index contributed by atoms with van der Waals surface area (Å²) in [4.78, 5) is 31.7. The Morgan fingerprint density at radius 1 is 1.07 bits per heavy atom. The summed E-state index contributed by atoms with van der Waals surface area (Å²) in [6.07, 6.45) is 0. The predicted octanol–water partition coefficient (Wildman–Crippen LogP) is 1.31. The third-order valence-electron chi connectivity index (χ3n) is 5.00. The second kappa shape index (κ2) is 7.08. The summed E-state index contributed by atoms with van der Waals surface area (Å²) in [5.41, 5.74) is -0.830. The van der Waals surface area contributed by atoms with Gasteiger partial charge in [-0.25, -0.2) is 13.6 Å². The van der Waals surface area contributed by atoms with Crippen molar-refractivity contribution < 1.29 is 8.78 Å². The molecule has 1 aliphatic heterocycles. The summed E-state index contributed by atoms with van der Waals surface area (Å²) in [6.45, 7) is 1.20. The normalized spacial score (nSPS) is 14.8. The van der Waals surface area contributed by atoms with E-state index in [2.05, 4.69) is 4.98 Å². The molecule has 3 heterocycles. The number of imidazole rings is 1. The Labute approximate surface area is 163 Å². The molecule has 0 atom stereocenters. The zero-order chi connectivity index (χ0) is 20.0. The first kappa shape index (κ1) is 18.7. The van der Waals surface area contributed by atoms with Crippen LogP contribution in [0.15, 0.2) is 27.8 Å². The van der Waals surface area contributed by atoms with Crippen LogP contribution in [0.3, 0.4) is 0 Å². The van der Waals surface area contributed by atoms with Crippen LogP contribution < -0.4 is 16.1 Å². The minimum Gasteiger partial charge on any atom is -0.341 e. The third kappa shape index (κ3) is 2.92. The van der Waals surface area contributed by atoms with Gasteiger partial charge in [0.1, 0.15) is 11.6 Å². The number of fused-ring (bicyclic) bond motifs is 1. The van der Waals surface area contributed by atoms with Crippen LogP contribution in [0.25, 0.3) is 11.2 Å². The van der Waals surface area contributed by atoms with Crippen molar-refractivity contribution in [2.45, 2.75) is 6.54 Å². The molecule has 3 aromatic rings. The molecule has 1 aliphatic rings. The second-order valence-corrected chi connectivity index (χ2v) is 7.90. The van der Waals surface area contributed by atoms with Gasteiger partial charge in [-0.1, -0.05) is 6.07 Å². The van der Waals surface area contributed by atoms with Crippen LogP contribution >= 0.6 is 11.8 Å². The molecule has 4 rings (SSSR count). The molecule has 7 nitrogen and oxygen atoms in total. The molecule has 0 unspecified atom stereocenters. The van der Waals surface area contributed by atoms with E-state index in [9.17, 15) is 18.4 Å². The number of aromatic nitrogens is 4. The average molecular weight is 407 g/mol. The number of aryl methyl sites for hydroxylation is 1. The average Bonchev–Trinajstić information content (AvgIpc) is 3.08. The molecule has 1 aromatic carbocycles. The predicted molar refractivity (Wildman–Crippen MR) is 105 cm³/mol. The summed E-state index contributed by atoms with van der Waals surface area (Å²) < 4.78 is 32.4. The van der Waals surface area contributed by atoms with Gasteiger partial charge in [0, 0.05) is 44.3 Å². The van der Waals surface area contributed by atoms with E-state index in [0.717, 1.165) is 16.1 Å². The molecule has 0 spiro atoms. The van der Waals surface area contributed by atoms with Crippen molar-refractivity contribution in [3.05, 3.63) is 56.2 Å². The van der Waals surface area contributed by atoms with E-state index in [1.165, 1.54) is 41.4 Å². The Morgan fingerprint density at radius 3 is 2.36 bits per heavy atom. The van der Waals surface area contributed by atoms with E-state index in [-0.39, 0.29) is 23.3 Å². The number of halogens is 2. The van der Waals surface area contributed by atoms with Crippen molar-refractivity contribution in [2.75, 3.05) is 29.5 Å². The van der Waals surface area contributed by atoms with E-state index >= 15 is 0 Å². The highest BCUT2D eigenvalue weighted by Crippen LogP contribution is 2.25. The van der Waals surface area contributed by atoms with Crippen molar-refractivity contribution in [1.29, 1.82) is 0 Å². The van der Waals surface area contributed by atoms with Crippen LogP contribution in [0, 0.1) is 11.6 Å². The maximum absolute atomic E-state index is 14.3. The van der Waals surface area contributed by atoms with Gasteiger partial charge in [-0.3, -0.25) is 18.5 Å². The molecule has 0 bridgehead atoms. The first-order chi connectivity index (χ1) is 13.4.